The van der Waals surface area contributed by atoms with Gasteiger partial charge in [-0.05, 0) is 31.5 Å². The zero-order valence-corrected chi connectivity index (χ0v) is 10.3. The van der Waals surface area contributed by atoms with Gasteiger partial charge in [0.15, 0.2) is 0 Å². The van der Waals surface area contributed by atoms with E-state index < -0.39 is 5.97 Å². The summed E-state index contributed by atoms with van der Waals surface area (Å²) < 4.78 is 0. The van der Waals surface area contributed by atoms with Crippen molar-refractivity contribution in [3.05, 3.63) is 35.4 Å². The molecule has 0 spiro atoms. The fourth-order valence-corrected chi connectivity index (χ4v) is 1.46. The Kier molecular flexibility index (Phi) is 4.26. The van der Waals surface area contributed by atoms with Crippen molar-refractivity contribution in [3.63, 3.8) is 0 Å². The van der Waals surface area contributed by atoms with Crippen LogP contribution in [0.3, 0.4) is 0 Å². The SMILES string of the molecule is CCC(C)N(C)C(=O)c1cccc(C(=O)O)c1. The number of aromatic carboxylic acids is 1. The number of amides is 1. The number of nitrogens with zero attached hydrogens (tertiary/aromatic N) is 1. The Balaban J connectivity index is 2.96. The topological polar surface area (TPSA) is 57.6 Å². The summed E-state index contributed by atoms with van der Waals surface area (Å²) in [6.07, 6.45) is 0.862. The number of carbonyl (C=O) groups is 2. The average Bonchev–Trinajstić information content (AvgIpc) is 2.36. The molecule has 0 aromatic heterocycles. The van der Waals surface area contributed by atoms with Gasteiger partial charge in [0.25, 0.3) is 5.91 Å². The second-order valence-electron chi connectivity index (χ2n) is 4.06. The van der Waals surface area contributed by atoms with Crippen LogP contribution in [0.25, 0.3) is 0 Å². The maximum absolute atomic E-state index is 12.1. The monoisotopic (exact) mass is 235 g/mol. The molecular weight excluding hydrogens is 218 g/mol. The Morgan fingerprint density at radius 3 is 2.47 bits per heavy atom. The maximum atomic E-state index is 12.1. The van der Waals surface area contributed by atoms with E-state index in [4.69, 9.17) is 5.11 Å². The van der Waals surface area contributed by atoms with Crippen molar-refractivity contribution in [2.45, 2.75) is 26.3 Å². The lowest BCUT2D eigenvalue weighted by Gasteiger charge is -2.23. The minimum Gasteiger partial charge on any atom is -0.478 e. The maximum Gasteiger partial charge on any atom is 0.335 e. The zero-order valence-electron chi connectivity index (χ0n) is 10.3. The van der Waals surface area contributed by atoms with Crippen LogP contribution in [0.5, 0.6) is 0 Å². The van der Waals surface area contributed by atoms with E-state index in [1.165, 1.54) is 12.1 Å². The predicted octanol–water partition coefficient (Wildman–Crippen LogP) is 2.26. The number of hydrogen-bond acceptors (Lipinski definition) is 2. The summed E-state index contributed by atoms with van der Waals surface area (Å²) in [6, 6.07) is 6.23. The van der Waals surface area contributed by atoms with Gasteiger partial charge in [-0.2, -0.15) is 0 Å². The van der Waals surface area contributed by atoms with E-state index in [0.717, 1.165) is 6.42 Å². The fraction of sp³-hybridized carbons (Fsp3) is 0.385. The third kappa shape index (κ3) is 3.06. The van der Waals surface area contributed by atoms with Crippen LogP contribution < -0.4 is 0 Å². The number of hydrogen-bond donors (Lipinski definition) is 1. The molecule has 92 valence electrons. The van der Waals surface area contributed by atoms with Crippen molar-refractivity contribution in [2.24, 2.45) is 0 Å². The first-order chi connectivity index (χ1) is 7.97. The Labute approximate surface area is 101 Å². The van der Waals surface area contributed by atoms with Crippen LogP contribution in [0.4, 0.5) is 0 Å². The lowest BCUT2D eigenvalue weighted by molar-refractivity contribution is 0.0697. The molecule has 1 unspecified atom stereocenters. The molecule has 0 heterocycles. The summed E-state index contributed by atoms with van der Waals surface area (Å²) in [5.74, 6) is -1.17. The molecule has 1 amide bonds. The molecule has 0 saturated heterocycles. The molecular formula is C13H17NO3. The van der Waals surface area contributed by atoms with Crippen LogP contribution in [0, 0.1) is 0 Å². The standard InChI is InChI=1S/C13H17NO3/c1-4-9(2)14(3)12(15)10-6-5-7-11(8-10)13(16)17/h5-9H,4H2,1-3H3,(H,16,17). The first-order valence-electron chi connectivity index (χ1n) is 5.57. The van der Waals surface area contributed by atoms with Crippen LogP contribution >= 0.6 is 0 Å². The van der Waals surface area contributed by atoms with Crippen LogP contribution in [0.15, 0.2) is 24.3 Å². The number of carbonyl (C=O) groups excluding carboxylic acids is 1. The number of carboxylic acid groups (broad SMARTS) is 1. The Morgan fingerprint density at radius 1 is 1.35 bits per heavy atom. The van der Waals surface area contributed by atoms with Gasteiger partial charge in [-0.15, -0.1) is 0 Å². The van der Waals surface area contributed by atoms with E-state index in [9.17, 15) is 9.59 Å². The molecule has 0 radical (unpaired) electrons. The van der Waals surface area contributed by atoms with Gasteiger partial charge < -0.3 is 10.0 Å². The van der Waals surface area contributed by atoms with Crippen LogP contribution in [-0.2, 0) is 0 Å². The minimum atomic E-state index is -1.02. The molecule has 1 aromatic carbocycles. The number of carboxylic acids is 1. The molecule has 0 aliphatic rings. The molecule has 0 aliphatic heterocycles. The van der Waals surface area contributed by atoms with E-state index in [0.29, 0.717) is 5.56 Å². The lowest BCUT2D eigenvalue weighted by atomic mass is 10.1. The summed E-state index contributed by atoms with van der Waals surface area (Å²) in [7, 11) is 1.73. The van der Waals surface area contributed by atoms with Crippen molar-refractivity contribution < 1.29 is 14.7 Å². The second-order valence-corrected chi connectivity index (χ2v) is 4.06. The van der Waals surface area contributed by atoms with E-state index in [1.807, 2.05) is 13.8 Å². The van der Waals surface area contributed by atoms with E-state index in [-0.39, 0.29) is 17.5 Å². The predicted molar refractivity (Wildman–Crippen MR) is 65.2 cm³/mol. The van der Waals surface area contributed by atoms with E-state index in [1.54, 1.807) is 24.1 Å². The van der Waals surface area contributed by atoms with Crippen molar-refractivity contribution in [2.75, 3.05) is 7.05 Å². The smallest absolute Gasteiger partial charge is 0.335 e. The minimum absolute atomic E-state index is 0.133. The van der Waals surface area contributed by atoms with E-state index >= 15 is 0 Å². The summed E-state index contributed by atoms with van der Waals surface area (Å²) >= 11 is 0. The van der Waals surface area contributed by atoms with Crippen LogP contribution in [-0.4, -0.2) is 35.0 Å². The largest absolute Gasteiger partial charge is 0.478 e. The molecule has 4 heteroatoms. The van der Waals surface area contributed by atoms with Crippen LogP contribution in [0.2, 0.25) is 0 Å². The molecule has 1 rings (SSSR count). The fourth-order valence-electron chi connectivity index (χ4n) is 1.46. The highest BCUT2D eigenvalue weighted by molar-refractivity contribution is 5.97. The van der Waals surface area contributed by atoms with Gasteiger partial charge in [0.05, 0.1) is 5.56 Å². The number of rotatable bonds is 4. The quantitative estimate of drug-likeness (QED) is 0.870. The van der Waals surface area contributed by atoms with Gasteiger partial charge in [-0.1, -0.05) is 13.0 Å². The molecule has 0 aliphatic carbocycles. The third-order valence-corrected chi connectivity index (χ3v) is 2.93. The normalized spacial score (nSPS) is 11.9. The summed E-state index contributed by atoms with van der Waals surface area (Å²) in [5.41, 5.74) is 0.543. The first-order valence-corrected chi connectivity index (χ1v) is 5.57. The summed E-state index contributed by atoms with van der Waals surface area (Å²) in [6.45, 7) is 3.96. The van der Waals surface area contributed by atoms with Gasteiger partial charge in [-0.3, -0.25) is 4.79 Å². The van der Waals surface area contributed by atoms with Gasteiger partial charge >= 0.3 is 5.97 Å². The van der Waals surface area contributed by atoms with Gasteiger partial charge in [-0.25, -0.2) is 4.79 Å². The van der Waals surface area contributed by atoms with Crippen molar-refractivity contribution >= 4 is 11.9 Å². The second kappa shape index (κ2) is 5.48. The number of benzene rings is 1. The summed E-state index contributed by atoms with van der Waals surface area (Å²) in [4.78, 5) is 24.5. The molecule has 1 atom stereocenters. The van der Waals surface area contributed by atoms with Gasteiger partial charge in [0, 0.05) is 18.7 Å². The average molecular weight is 235 g/mol. The van der Waals surface area contributed by atoms with Crippen molar-refractivity contribution in [1.82, 2.24) is 4.90 Å². The Morgan fingerprint density at radius 2 is 1.94 bits per heavy atom. The highest BCUT2D eigenvalue weighted by Crippen LogP contribution is 2.11. The third-order valence-electron chi connectivity index (χ3n) is 2.93. The molecule has 1 aromatic rings. The highest BCUT2D eigenvalue weighted by Gasteiger charge is 2.17. The van der Waals surface area contributed by atoms with Crippen LogP contribution in [0.1, 0.15) is 41.0 Å². The molecule has 0 bridgehead atoms. The van der Waals surface area contributed by atoms with Crippen molar-refractivity contribution in [3.8, 4) is 0 Å². The first kappa shape index (κ1) is 13.2. The zero-order chi connectivity index (χ0) is 13.0. The van der Waals surface area contributed by atoms with Crippen molar-refractivity contribution in [1.29, 1.82) is 0 Å². The Bertz CT molecular complexity index is 428. The van der Waals surface area contributed by atoms with E-state index in [2.05, 4.69) is 0 Å². The van der Waals surface area contributed by atoms with Gasteiger partial charge in [0.1, 0.15) is 0 Å². The molecule has 1 N–H and O–H groups in total. The molecule has 0 fully saturated rings. The Hall–Kier alpha value is -1.84. The lowest BCUT2D eigenvalue weighted by Crippen LogP contribution is -2.34. The molecule has 17 heavy (non-hydrogen) atoms. The van der Waals surface area contributed by atoms with Gasteiger partial charge in [0.2, 0.25) is 0 Å². The summed E-state index contributed by atoms with van der Waals surface area (Å²) in [5, 5.41) is 8.86. The molecule has 4 nitrogen and oxygen atoms in total. The highest BCUT2D eigenvalue weighted by atomic mass is 16.4. The molecule has 0 saturated carbocycles.